The molecule has 0 spiro atoms. The second-order valence-electron chi connectivity index (χ2n) is 2.87. The molecule has 0 saturated carbocycles. The SMILES string of the molecule is CN1CCN(CS(=O)O)CC1. The third-order valence-corrected chi connectivity index (χ3v) is 2.47. The summed E-state index contributed by atoms with van der Waals surface area (Å²) in [4.78, 5) is 4.23. The second-order valence-corrected chi connectivity index (χ2v) is 3.77. The minimum atomic E-state index is -1.67. The van der Waals surface area contributed by atoms with Crippen LogP contribution in [0.1, 0.15) is 0 Å². The van der Waals surface area contributed by atoms with Crippen LogP contribution in [0.4, 0.5) is 0 Å². The van der Waals surface area contributed by atoms with Crippen LogP contribution in [-0.4, -0.2) is 57.7 Å². The quantitative estimate of drug-likeness (QED) is 0.574. The maximum Gasteiger partial charge on any atom is 0.167 e. The molecule has 4 nitrogen and oxygen atoms in total. The predicted molar refractivity (Wildman–Crippen MR) is 44.7 cm³/mol. The summed E-state index contributed by atoms with van der Waals surface area (Å²) in [5, 5.41) is 0. The minimum Gasteiger partial charge on any atom is -0.305 e. The first-order valence-corrected chi connectivity index (χ1v) is 4.94. The first-order valence-electron chi connectivity index (χ1n) is 3.67. The zero-order chi connectivity index (χ0) is 8.27. The molecule has 1 fully saturated rings. The normalized spacial score (nSPS) is 25.3. The fourth-order valence-electron chi connectivity index (χ4n) is 1.13. The number of hydrogen-bond acceptors (Lipinski definition) is 3. The zero-order valence-electron chi connectivity index (χ0n) is 6.69. The first-order chi connectivity index (χ1) is 5.18. The molecule has 66 valence electrons. The molecule has 1 aliphatic heterocycles. The van der Waals surface area contributed by atoms with E-state index in [-0.39, 0.29) is 0 Å². The summed E-state index contributed by atoms with van der Waals surface area (Å²) in [6.07, 6.45) is 0. The fourth-order valence-corrected chi connectivity index (χ4v) is 1.70. The van der Waals surface area contributed by atoms with Crippen molar-refractivity contribution in [1.82, 2.24) is 9.80 Å². The van der Waals surface area contributed by atoms with E-state index in [0.29, 0.717) is 5.88 Å². The van der Waals surface area contributed by atoms with E-state index in [2.05, 4.69) is 11.9 Å². The Labute approximate surface area is 69.5 Å². The van der Waals surface area contributed by atoms with Crippen LogP contribution in [0.2, 0.25) is 0 Å². The Hall–Kier alpha value is 0.0300. The van der Waals surface area contributed by atoms with Crippen LogP contribution in [0.5, 0.6) is 0 Å². The van der Waals surface area contributed by atoms with Gasteiger partial charge in [-0.05, 0) is 7.05 Å². The highest BCUT2D eigenvalue weighted by molar-refractivity contribution is 7.79. The maximum atomic E-state index is 10.4. The average Bonchev–Trinajstić information content (AvgIpc) is 1.93. The van der Waals surface area contributed by atoms with Crippen molar-refractivity contribution in [3.8, 4) is 0 Å². The van der Waals surface area contributed by atoms with Crippen LogP contribution in [0, 0.1) is 0 Å². The van der Waals surface area contributed by atoms with Gasteiger partial charge in [-0.15, -0.1) is 0 Å². The fraction of sp³-hybridized carbons (Fsp3) is 1.00. The average molecular weight is 178 g/mol. The Kier molecular flexibility index (Phi) is 3.45. The van der Waals surface area contributed by atoms with Crippen LogP contribution in [0.3, 0.4) is 0 Å². The zero-order valence-corrected chi connectivity index (χ0v) is 7.51. The smallest absolute Gasteiger partial charge is 0.167 e. The van der Waals surface area contributed by atoms with E-state index < -0.39 is 11.1 Å². The number of nitrogens with zero attached hydrogens (tertiary/aromatic N) is 2. The Morgan fingerprint density at radius 1 is 1.36 bits per heavy atom. The van der Waals surface area contributed by atoms with Gasteiger partial charge in [-0.2, -0.15) is 0 Å². The van der Waals surface area contributed by atoms with Gasteiger partial charge in [-0.25, -0.2) is 4.21 Å². The summed E-state index contributed by atoms with van der Waals surface area (Å²) in [5.74, 6) is 0.299. The number of likely N-dealkylation sites (N-methyl/N-ethyl adjacent to an activating group) is 1. The van der Waals surface area contributed by atoms with Crippen molar-refractivity contribution in [2.45, 2.75) is 0 Å². The molecule has 1 atom stereocenters. The number of rotatable bonds is 2. The molecule has 5 heteroatoms. The molecule has 0 aromatic rings. The van der Waals surface area contributed by atoms with Gasteiger partial charge in [-0.3, -0.25) is 4.90 Å². The Morgan fingerprint density at radius 2 is 1.91 bits per heavy atom. The molecular formula is C6H14N2O2S. The monoisotopic (exact) mass is 178 g/mol. The van der Waals surface area contributed by atoms with Crippen molar-refractivity contribution in [2.24, 2.45) is 0 Å². The number of hydrogen-bond donors (Lipinski definition) is 1. The van der Waals surface area contributed by atoms with Gasteiger partial charge < -0.3 is 9.45 Å². The van der Waals surface area contributed by atoms with Crippen molar-refractivity contribution >= 4 is 11.1 Å². The van der Waals surface area contributed by atoms with Crippen molar-refractivity contribution < 1.29 is 8.76 Å². The molecule has 0 aliphatic carbocycles. The first kappa shape index (κ1) is 9.12. The van der Waals surface area contributed by atoms with Crippen molar-refractivity contribution in [3.63, 3.8) is 0 Å². The van der Waals surface area contributed by atoms with Crippen molar-refractivity contribution in [3.05, 3.63) is 0 Å². The molecule has 0 amide bonds. The molecule has 0 bridgehead atoms. The van der Waals surface area contributed by atoms with Crippen molar-refractivity contribution in [2.75, 3.05) is 39.1 Å². The van der Waals surface area contributed by atoms with Crippen LogP contribution < -0.4 is 0 Å². The number of piperazine rings is 1. The largest absolute Gasteiger partial charge is 0.305 e. The lowest BCUT2D eigenvalue weighted by Gasteiger charge is -2.31. The topological polar surface area (TPSA) is 43.8 Å². The van der Waals surface area contributed by atoms with Gasteiger partial charge >= 0.3 is 0 Å². The van der Waals surface area contributed by atoms with E-state index in [4.69, 9.17) is 4.55 Å². The summed E-state index contributed by atoms with van der Waals surface area (Å²) in [5.41, 5.74) is 0. The van der Waals surface area contributed by atoms with E-state index >= 15 is 0 Å². The van der Waals surface area contributed by atoms with Gasteiger partial charge in [0, 0.05) is 26.2 Å². The summed E-state index contributed by atoms with van der Waals surface area (Å²) in [7, 11) is 2.06. The van der Waals surface area contributed by atoms with Gasteiger partial charge in [0.15, 0.2) is 11.1 Å². The van der Waals surface area contributed by atoms with Gasteiger partial charge in [0.1, 0.15) is 5.88 Å². The summed E-state index contributed by atoms with van der Waals surface area (Å²) >= 11 is -1.67. The van der Waals surface area contributed by atoms with Gasteiger partial charge in [-0.1, -0.05) is 0 Å². The molecule has 0 radical (unpaired) electrons. The third-order valence-electron chi connectivity index (χ3n) is 1.89. The van der Waals surface area contributed by atoms with E-state index in [1.165, 1.54) is 0 Å². The van der Waals surface area contributed by atoms with E-state index in [0.717, 1.165) is 26.2 Å². The predicted octanol–water partition coefficient (Wildman–Crippen LogP) is -0.587. The van der Waals surface area contributed by atoms with E-state index in [1.54, 1.807) is 0 Å². The maximum absolute atomic E-state index is 10.4. The molecule has 11 heavy (non-hydrogen) atoms. The van der Waals surface area contributed by atoms with Crippen LogP contribution in [0.15, 0.2) is 0 Å². The Bertz CT molecular complexity index is 146. The minimum absolute atomic E-state index is 0.299. The Balaban J connectivity index is 2.22. The standard InChI is InChI=1S/C6H14N2O2S/c1-7-2-4-8(5-3-7)6-11(9)10/h2-6H2,1H3,(H,9,10). The molecule has 1 saturated heterocycles. The lowest BCUT2D eigenvalue weighted by atomic mass is 10.4. The molecule has 1 N–H and O–H groups in total. The van der Waals surface area contributed by atoms with Gasteiger partial charge in [0.05, 0.1) is 0 Å². The third kappa shape index (κ3) is 3.29. The highest BCUT2D eigenvalue weighted by Crippen LogP contribution is 1.98. The van der Waals surface area contributed by atoms with E-state index in [1.807, 2.05) is 4.90 Å². The Morgan fingerprint density at radius 3 is 2.36 bits per heavy atom. The summed E-state index contributed by atoms with van der Waals surface area (Å²) in [6.45, 7) is 3.81. The lowest BCUT2D eigenvalue weighted by molar-refractivity contribution is 0.172. The second kappa shape index (κ2) is 4.15. The summed E-state index contributed by atoms with van der Waals surface area (Å²) in [6, 6.07) is 0. The molecule has 1 heterocycles. The highest BCUT2D eigenvalue weighted by atomic mass is 32.2. The molecule has 0 aromatic carbocycles. The summed E-state index contributed by atoms with van der Waals surface area (Å²) < 4.78 is 19.0. The molecular weight excluding hydrogens is 164 g/mol. The molecule has 0 aromatic heterocycles. The molecule has 1 aliphatic rings. The van der Waals surface area contributed by atoms with Gasteiger partial charge in [0.2, 0.25) is 0 Å². The molecule has 1 unspecified atom stereocenters. The molecule has 1 rings (SSSR count). The lowest BCUT2D eigenvalue weighted by Crippen LogP contribution is -2.45. The van der Waals surface area contributed by atoms with Crippen LogP contribution >= 0.6 is 0 Å². The van der Waals surface area contributed by atoms with Crippen molar-refractivity contribution in [1.29, 1.82) is 0 Å². The van der Waals surface area contributed by atoms with Crippen LogP contribution in [0.25, 0.3) is 0 Å². The highest BCUT2D eigenvalue weighted by Gasteiger charge is 2.14. The van der Waals surface area contributed by atoms with E-state index in [9.17, 15) is 4.21 Å². The van der Waals surface area contributed by atoms with Crippen LogP contribution in [-0.2, 0) is 11.1 Å². The van der Waals surface area contributed by atoms with Gasteiger partial charge in [0.25, 0.3) is 0 Å².